The second kappa shape index (κ2) is 4.61. The molecule has 3 aromatic rings. The van der Waals surface area contributed by atoms with E-state index in [-0.39, 0.29) is 24.3 Å². The highest BCUT2D eigenvalue weighted by Gasteiger charge is 2.33. The average Bonchev–Trinajstić information content (AvgIpc) is 3.04. The number of fused-ring (bicyclic) bond motifs is 2. The lowest BCUT2D eigenvalue weighted by Gasteiger charge is -2.13. The van der Waals surface area contributed by atoms with Gasteiger partial charge in [0.2, 0.25) is 0 Å². The SMILES string of the molecule is O=C1N[C@H](c2c(CO)[nH]c3ccccc23)c2cc(O)ccc21. The fraction of sp³-hybridized carbons (Fsp3) is 0.118. The normalized spacial score (nSPS) is 16.8. The van der Waals surface area contributed by atoms with Crippen molar-refractivity contribution in [3.8, 4) is 5.75 Å². The van der Waals surface area contributed by atoms with Crippen LogP contribution in [0.4, 0.5) is 0 Å². The zero-order valence-corrected chi connectivity index (χ0v) is 11.6. The van der Waals surface area contributed by atoms with Gasteiger partial charge in [-0.25, -0.2) is 0 Å². The topological polar surface area (TPSA) is 85.4 Å². The van der Waals surface area contributed by atoms with Gasteiger partial charge in [0.1, 0.15) is 5.75 Å². The number of para-hydroxylation sites is 1. The highest BCUT2D eigenvalue weighted by molar-refractivity contribution is 6.01. The fourth-order valence-corrected chi connectivity index (χ4v) is 3.18. The number of carbonyl (C=O) groups excluding carboxylic acids is 1. The highest BCUT2D eigenvalue weighted by atomic mass is 16.3. The summed E-state index contributed by atoms with van der Waals surface area (Å²) in [7, 11) is 0. The number of phenols is 1. The van der Waals surface area contributed by atoms with Crippen molar-refractivity contribution in [2.75, 3.05) is 0 Å². The first kappa shape index (κ1) is 12.9. The summed E-state index contributed by atoms with van der Waals surface area (Å²) in [5, 5.41) is 23.3. The zero-order chi connectivity index (χ0) is 15.3. The molecule has 1 amide bonds. The molecule has 1 atom stereocenters. The summed E-state index contributed by atoms with van der Waals surface area (Å²) in [6.45, 7) is -0.148. The predicted molar refractivity (Wildman–Crippen MR) is 81.6 cm³/mol. The van der Waals surface area contributed by atoms with Crippen molar-refractivity contribution < 1.29 is 15.0 Å². The van der Waals surface area contributed by atoms with Gasteiger partial charge in [-0.05, 0) is 29.8 Å². The Hall–Kier alpha value is -2.79. The van der Waals surface area contributed by atoms with Gasteiger partial charge in [0.05, 0.1) is 12.6 Å². The molecule has 0 saturated heterocycles. The highest BCUT2D eigenvalue weighted by Crippen LogP contribution is 2.38. The maximum atomic E-state index is 12.2. The minimum Gasteiger partial charge on any atom is -0.508 e. The Morgan fingerprint density at radius 2 is 1.95 bits per heavy atom. The number of aromatic amines is 1. The van der Waals surface area contributed by atoms with E-state index in [4.69, 9.17) is 0 Å². The first-order chi connectivity index (χ1) is 10.7. The van der Waals surface area contributed by atoms with E-state index in [1.54, 1.807) is 12.1 Å². The number of rotatable bonds is 2. The van der Waals surface area contributed by atoms with E-state index in [0.29, 0.717) is 11.3 Å². The molecule has 2 heterocycles. The molecule has 0 fully saturated rings. The predicted octanol–water partition coefficient (Wildman–Crippen LogP) is 2.20. The Bertz CT molecular complexity index is 898. The number of aliphatic hydroxyl groups is 1. The molecule has 1 aliphatic rings. The number of H-pyrrole nitrogens is 1. The number of aliphatic hydroxyl groups excluding tert-OH is 1. The minimum absolute atomic E-state index is 0.116. The molecule has 0 unspecified atom stereocenters. The molecule has 4 rings (SSSR count). The van der Waals surface area contributed by atoms with Crippen LogP contribution in [-0.2, 0) is 6.61 Å². The molecule has 0 saturated carbocycles. The van der Waals surface area contributed by atoms with Crippen LogP contribution in [0.3, 0.4) is 0 Å². The second-order valence-electron chi connectivity index (χ2n) is 5.40. The van der Waals surface area contributed by atoms with Gasteiger partial charge in [0, 0.05) is 27.7 Å². The molecule has 0 bridgehead atoms. The van der Waals surface area contributed by atoms with Crippen LogP contribution in [0.15, 0.2) is 42.5 Å². The monoisotopic (exact) mass is 294 g/mol. The quantitative estimate of drug-likeness (QED) is 0.584. The van der Waals surface area contributed by atoms with Crippen molar-refractivity contribution in [2.45, 2.75) is 12.6 Å². The van der Waals surface area contributed by atoms with E-state index >= 15 is 0 Å². The number of hydrogen-bond donors (Lipinski definition) is 4. The van der Waals surface area contributed by atoms with Crippen molar-refractivity contribution in [1.82, 2.24) is 10.3 Å². The lowest BCUT2D eigenvalue weighted by Crippen LogP contribution is -2.20. The molecule has 1 aromatic heterocycles. The Morgan fingerprint density at radius 1 is 1.14 bits per heavy atom. The van der Waals surface area contributed by atoms with Gasteiger partial charge >= 0.3 is 0 Å². The van der Waals surface area contributed by atoms with E-state index < -0.39 is 0 Å². The molecule has 0 spiro atoms. The Morgan fingerprint density at radius 3 is 2.77 bits per heavy atom. The van der Waals surface area contributed by atoms with Crippen LogP contribution in [0.25, 0.3) is 10.9 Å². The Balaban J connectivity index is 1.98. The first-order valence-corrected chi connectivity index (χ1v) is 7.03. The molecule has 0 radical (unpaired) electrons. The van der Waals surface area contributed by atoms with Crippen LogP contribution < -0.4 is 5.32 Å². The minimum atomic E-state index is -0.382. The molecule has 5 nitrogen and oxygen atoms in total. The number of carbonyl (C=O) groups is 1. The summed E-state index contributed by atoms with van der Waals surface area (Å²) in [6, 6.07) is 12.0. The number of amides is 1. The number of phenolic OH excluding ortho intramolecular Hbond substituents is 1. The molecular weight excluding hydrogens is 280 g/mol. The zero-order valence-electron chi connectivity index (χ0n) is 11.6. The lowest BCUT2D eigenvalue weighted by atomic mass is 9.95. The summed E-state index contributed by atoms with van der Waals surface area (Å²) in [4.78, 5) is 15.3. The summed E-state index contributed by atoms with van der Waals surface area (Å²) in [5.41, 5.74) is 3.70. The smallest absolute Gasteiger partial charge is 0.252 e. The number of nitrogens with one attached hydrogen (secondary N) is 2. The summed E-state index contributed by atoms with van der Waals surface area (Å²) < 4.78 is 0. The van der Waals surface area contributed by atoms with Gasteiger partial charge < -0.3 is 20.5 Å². The molecule has 1 aliphatic heterocycles. The number of aromatic nitrogens is 1. The number of benzene rings is 2. The lowest BCUT2D eigenvalue weighted by molar-refractivity contribution is 0.0960. The average molecular weight is 294 g/mol. The van der Waals surface area contributed by atoms with E-state index in [9.17, 15) is 15.0 Å². The summed E-state index contributed by atoms with van der Waals surface area (Å²) in [6.07, 6.45) is 0. The molecule has 110 valence electrons. The van der Waals surface area contributed by atoms with Crippen LogP contribution in [0.5, 0.6) is 5.75 Å². The van der Waals surface area contributed by atoms with Gasteiger partial charge in [-0.3, -0.25) is 4.79 Å². The molecule has 5 heteroatoms. The molecule has 0 aliphatic carbocycles. The number of hydrogen-bond acceptors (Lipinski definition) is 3. The van der Waals surface area contributed by atoms with Gasteiger partial charge in [-0.15, -0.1) is 0 Å². The maximum absolute atomic E-state index is 12.2. The molecule has 4 N–H and O–H groups in total. The van der Waals surface area contributed by atoms with Crippen molar-refractivity contribution >= 4 is 16.8 Å². The van der Waals surface area contributed by atoms with Crippen LogP contribution in [0, 0.1) is 0 Å². The van der Waals surface area contributed by atoms with Crippen molar-refractivity contribution in [2.24, 2.45) is 0 Å². The van der Waals surface area contributed by atoms with Gasteiger partial charge in [-0.2, -0.15) is 0 Å². The summed E-state index contributed by atoms with van der Waals surface area (Å²) >= 11 is 0. The van der Waals surface area contributed by atoms with E-state index in [1.807, 2.05) is 24.3 Å². The standard InChI is InChI=1S/C17H14N2O3/c20-8-14-15(11-3-1-2-4-13(11)18-14)16-12-7-9(21)5-6-10(12)17(22)19-16/h1-7,16,18,20-21H,8H2,(H,19,22)/t16-/m0/s1. The third kappa shape index (κ3) is 1.72. The van der Waals surface area contributed by atoms with Crippen LogP contribution in [-0.4, -0.2) is 21.1 Å². The van der Waals surface area contributed by atoms with Gasteiger partial charge in [0.25, 0.3) is 5.91 Å². The third-order valence-electron chi connectivity index (χ3n) is 4.14. The summed E-state index contributed by atoms with van der Waals surface area (Å²) in [5.74, 6) is -0.0557. The molecule has 22 heavy (non-hydrogen) atoms. The van der Waals surface area contributed by atoms with Gasteiger partial charge in [-0.1, -0.05) is 18.2 Å². The number of aromatic hydroxyl groups is 1. The largest absolute Gasteiger partial charge is 0.508 e. The maximum Gasteiger partial charge on any atom is 0.252 e. The van der Waals surface area contributed by atoms with Crippen molar-refractivity contribution in [3.05, 3.63) is 64.8 Å². The Labute approximate surface area is 126 Å². The van der Waals surface area contributed by atoms with Crippen LogP contribution in [0.1, 0.15) is 33.2 Å². The van der Waals surface area contributed by atoms with E-state index in [1.165, 1.54) is 6.07 Å². The second-order valence-corrected chi connectivity index (χ2v) is 5.40. The molecular formula is C17H14N2O3. The Kier molecular flexibility index (Phi) is 2.71. The first-order valence-electron chi connectivity index (χ1n) is 7.03. The van der Waals surface area contributed by atoms with Crippen molar-refractivity contribution in [3.63, 3.8) is 0 Å². The fourth-order valence-electron chi connectivity index (χ4n) is 3.18. The van der Waals surface area contributed by atoms with Crippen LogP contribution >= 0.6 is 0 Å². The third-order valence-corrected chi connectivity index (χ3v) is 4.14. The van der Waals surface area contributed by atoms with E-state index in [2.05, 4.69) is 10.3 Å². The van der Waals surface area contributed by atoms with E-state index in [0.717, 1.165) is 22.0 Å². The molecule has 2 aromatic carbocycles. The van der Waals surface area contributed by atoms with Gasteiger partial charge in [0.15, 0.2) is 0 Å². The van der Waals surface area contributed by atoms with Crippen molar-refractivity contribution in [1.29, 1.82) is 0 Å². The van der Waals surface area contributed by atoms with Crippen LogP contribution in [0.2, 0.25) is 0 Å².